The number of benzene rings is 1. The molecule has 122 valence electrons. The molecule has 22 heavy (non-hydrogen) atoms. The molecule has 1 aromatic carbocycles. The summed E-state index contributed by atoms with van der Waals surface area (Å²) in [6.07, 6.45) is 3.10. The molecule has 4 nitrogen and oxygen atoms in total. The van der Waals surface area contributed by atoms with Crippen LogP contribution in [-0.2, 0) is 14.3 Å². The molecule has 0 unspecified atom stereocenters. The number of hydrogen-bond donors (Lipinski definition) is 0. The molecule has 0 N–H and O–H groups in total. The van der Waals surface area contributed by atoms with Crippen LogP contribution in [0.1, 0.15) is 64.4 Å². The Balaban J connectivity index is 2.26. The van der Waals surface area contributed by atoms with Crippen LogP contribution in [0.15, 0.2) is 24.3 Å². The Kier molecular flexibility index (Phi) is 8.26. The van der Waals surface area contributed by atoms with Crippen molar-refractivity contribution >= 4 is 11.9 Å². The molecule has 1 aromatic rings. The summed E-state index contributed by atoms with van der Waals surface area (Å²) in [5, 5.41) is 0. The van der Waals surface area contributed by atoms with Crippen molar-refractivity contribution in [1.82, 2.24) is 0 Å². The topological polar surface area (TPSA) is 52.6 Å². The third-order valence-corrected chi connectivity index (χ3v) is 3.32. The Labute approximate surface area is 132 Å². The van der Waals surface area contributed by atoms with E-state index in [2.05, 4.69) is 20.8 Å². The lowest BCUT2D eigenvalue weighted by molar-refractivity contribution is -0.147. The largest absolute Gasteiger partial charge is 0.466 e. The third-order valence-electron chi connectivity index (χ3n) is 3.32. The van der Waals surface area contributed by atoms with Crippen LogP contribution in [-0.4, -0.2) is 18.5 Å². The van der Waals surface area contributed by atoms with Crippen LogP contribution in [0, 0.1) is 0 Å². The Morgan fingerprint density at radius 3 is 2.23 bits per heavy atom. The average Bonchev–Trinajstić information content (AvgIpc) is 2.50. The standard InChI is InChI=1S/C18H26O4/c1-4-5-6-13-21-17(19)11-12-18(20)22-16-9-7-15(8-10-16)14(2)3/h7-10,14H,4-6,11-13H2,1-3H3. The molecule has 0 aliphatic rings. The maximum Gasteiger partial charge on any atom is 0.311 e. The van der Waals surface area contributed by atoms with Crippen LogP contribution in [0.4, 0.5) is 0 Å². The van der Waals surface area contributed by atoms with E-state index < -0.39 is 5.97 Å². The number of rotatable bonds is 9. The lowest BCUT2D eigenvalue weighted by atomic mass is 10.0. The van der Waals surface area contributed by atoms with E-state index in [0.717, 1.165) is 19.3 Å². The van der Waals surface area contributed by atoms with E-state index in [1.165, 1.54) is 5.56 Å². The van der Waals surface area contributed by atoms with E-state index in [4.69, 9.17) is 9.47 Å². The summed E-state index contributed by atoms with van der Waals surface area (Å²) in [4.78, 5) is 23.1. The van der Waals surface area contributed by atoms with Crippen LogP contribution in [0.5, 0.6) is 5.75 Å². The van der Waals surface area contributed by atoms with E-state index >= 15 is 0 Å². The molecule has 0 radical (unpaired) electrons. The molecular weight excluding hydrogens is 280 g/mol. The number of hydrogen-bond acceptors (Lipinski definition) is 4. The normalized spacial score (nSPS) is 10.5. The van der Waals surface area contributed by atoms with Gasteiger partial charge in [-0.15, -0.1) is 0 Å². The number of unbranched alkanes of at least 4 members (excludes halogenated alkanes) is 2. The van der Waals surface area contributed by atoms with Gasteiger partial charge in [-0.2, -0.15) is 0 Å². The van der Waals surface area contributed by atoms with Gasteiger partial charge in [-0.1, -0.05) is 45.7 Å². The van der Waals surface area contributed by atoms with Gasteiger partial charge in [-0.05, 0) is 30.0 Å². The van der Waals surface area contributed by atoms with Crippen LogP contribution >= 0.6 is 0 Å². The first kappa shape index (κ1) is 18.2. The first-order chi connectivity index (χ1) is 10.5. The molecule has 4 heteroatoms. The fourth-order valence-electron chi connectivity index (χ4n) is 1.92. The highest BCUT2D eigenvalue weighted by atomic mass is 16.5. The lowest BCUT2D eigenvalue weighted by Gasteiger charge is -2.08. The molecule has 0 aliphatic carbocycles. The van der Waals surface area contributed by atoms with Gasteiger partial charge in [0.1, 0.15) is 5.75 Å². The molecule has 0 fully saturated rings. The monoisotopic (exact) mass is 306 g/mol. The van der Waals surface area contributed by atoms with Gasteiger partial charge in [0.15, 0.2) is 0 Å². The van der Waals surface area contributed by atoms with Gasteiger partial charge in [0.2, 0.25) is 0 Å². The van der Waals surface area contributed by atoms with Gasteiger partial charge >= 0.3 is 11.9 Å². The van der Waals surface area contributed by atoms with E-state index in [1.54, 1.807) is 12.1 Å². The molecule has 0 aliphatic heterocycles. The first-order valence-corrected chi connectivity index (χ1v) is 7.99. The second-order valence-electron chi connectivity index (χ2n) is 5.63. The summed E-state index contributed by atoms with van der Waals surface area (Å²) in [5.41, 5.74) is 1.19. The van der Waals surface area contributed by atoms with Gasteiger partial charge in [0, 0.05) is 0 Å². The van der Waals surface area contributed by atoms with Gasteiger partial charge in [0.05, 0.1) is 19.4 Å². The molecule has 0 bridgehead atoms. The first-order valence-electron chi connectivity index (χ1n) is 7.99. The summed E-state index contributed by atoms with van der Waals surface area (Å²) < 4.78 is 10.2. The highest BCUT2D eigenvalue weighted by Crippen LogP contribution is 2.19. The van der Waals surface area contributed by atoms with E-state index in [9.17, 15) is 9.59 Å². The molecule has 0 saturated carbocycles. The number of carbonyl (C=O) groups is 2. The van der Waals surface area contributed by atoms with Crippen molar-refractivity contribution in [3.63, 3.8) is 0 Å². The van der Waals surface area contributed by atoms with Crippen LogP contribution < -0.4 is 4.74 Å². The summed E-state index contributed by atoms with van der Waals surface area (Å²) >= 11 is 0. The molecule has 0 saturated heterocycles. The second kappa shape index (κ2) is 9.98. The molecule has 0 amide bonds. The highest BCUT2D eigenvalue weighted by Gasteiger charge is 2.10. The molecular formula is C18H26O4. The van der Waals surface area contributed by atoms with Crippen molar-refractivity contribution in [2.45, 2.75) is 58.8 Å². The SMILES string of the molecule is CCCCCOC(=O)CCC(=O)Oc1ccc(C(C)C)cc1. The Morgan fingerprint density at radius 1 is 1.00 bits per heavy atom. The maximum absolute atomic E-state index is 11.7. The summed E-state index contributed by atoms with van der Waals surface area (Å²) in [6.45, 7) is 6.73. The average molecular weight is 306 g/mol. The number of ether oxygens (including phenoxy) is 2. The zero-order valence-electron chi connectivity index (χ0n) is 13.8. The molecule has 0 spiro atoms. The smallest absolute Gasteiger partial charge is 0.311 e. The molecule has 0 aromatic heterocycles. The van der Waals surface area contributed by atoms with Crippen molar-refractivity contribution in [1.29, 1.82) is 0 Å². The van der Waals surface area contributed by atoms with E-state index in [-0.39, 0.29) is 18.8 Å². The van der Waals surface area contributed by atoms with Gasteiger partial charge in [-0.3, -0.25) is 9.59 Å². The van der Waals surface area contributed by atoms with Crippen molar-refractivity contribution < 1.29 is 19.1 Å². The minimum Gasteiger partial charge on any atom is -0.466 e. The summed E-state index contributed by atoms with van der Waals surface area (Å²) in [6, 6.07) is 7.43. The maximum atomic E-state index is 11.7. The summed E-state index contributed by atoms with van der Waals surface area (Å²) in [7, 11) is 0. The Morgan fingerprint density at radius 2 is 1.64 bits per heavy atom. The zero-order valence-corrected chi connectivity index (χ0v) is 13.8. The minimum atomic E-state index is -0.414. The number of carbonyl (C=O) groups excluding carboxylic acids is 2. The van der Waals surface area contributed by atoms with Crippen LogP contribution in [0.2, 0.25) is 0 Å². The van der Waals surface area contributed by atoms with Crippen LogP contribution in [0.3, 0.4) is 0 Å². The molecule has 1 rings (SSSR count). The fourth-order valence-corrected chi connectivity index (χ4v) is 1.92. The summed E-state index contributed by atoms with van der Waals surface area (Å²) in [5.74, 6) is 0.184. The van der Waals surface area contributed by atoms with E-state index in [0.29, 0.717) is 18.3 Å². The van der Waals surface area contributed by atoms with Gasteiger partial charge < -0.3 is 9.47 Å². The van der Waals surface area contributed by atoms with Crippen molar-refractivity contribution in [3.05, 3.63) is 29.8 Å². The highest BCUT2D eigenvalue weighted by molar-refractivity contribution is 5.79. The third kappa shape index (κ3) is 7.25. The molecule has 0 heterocycles. The van der Waals surface area contributed by atoms with Crippen LogP contribution in [0.25, 0.3) is 0 Å². The minimum absolute atomic E-state index is 0.0402. The van der Waals surface area contributed by atoms with Crippen molar-refractivity contribution in [2.75, 3.05) is 6.61 Å². The predicted octanol–water partition coefficient (Wildman–Crippen LogP) is 4.23. The lowest BCUT2D eigenvalue weighted by Crippen LogP contribution is -2.12. The van der Waals surface area contributed by atoms with Crippen molar-refractivity contribution in [3.8, 4) is 5.75 Å². The predicted molar refractivity (Wildman–Crippen MR) is 85.9 cm³/mol. The number of esters is 2. The Hall–Kier alpha value is -1.84. The second-order valence-corrected chi connectivity index (χ2v) is 5.63. The Bertz CT molecular complexity index is 462. The fraction of sp³-hybridized carbons (Fsp3) is 0.556. The van der Waals surface area contributed by atoms with E-state index in [1.807, 2.05) is 12.1 Å². The zero-order chi connectivity index (χ0) is 16.4. The van der Waals surface area contributed by atoms with Crippen molar-refractivity contribution in [2.24, 2.45) is 0 Å². The van der Waals surface area contributed by atoms with Gasteiger partial charge in [0.25, 0.3) is 0 Å². The van der Waals surface area contributed by atoms with Gasteiger partial charge in [-0.25, -0.2) is 0 Å². The molecule has 0 atom stereocenters. The quantitative estimate of drug-likeness (QED) is 0.389.